The minimum atomic E-state index is -0.160. The minimum absolute atomic E-state index is 0.160. The molecule has 1 saturated heterocycles. The standard InChI is InChI=1S/C14H17N5O2/c1-10(20)13-14(17-18-16-13)21-12-4-2-11(3-5-12)19-8-6-15-7-9-19/h2-5,15H,6-9H2,1H3,(H,16,17,18). The van der Waals surface area contributed by atoms with E-state index in [1.807, 2.05) is 24.3 Å². The molecule has 1 aromatic carbocycles. The number of carbonyl (C=O) groups excluding carboxylic acids is 1. The molecule has 0 bridgehead atoms. The van der Waals surface area contributed by atoms with Crippen molar-refractivity contribution in [3.8, 4) is 11.6 Å². The highest BCUT2D eigenvalue weighted by atomic mass is 16.5. The van der Waals surface area contributed by atoms with Crippen LogP contribution in [0.15, 0.2) is 24.3 Å². The van der Waals surface area contributed by atoms with Gasteiger partial charge in [-0.1, -0.05) is 10.3 Å². The summed E-state index contributed by atoms with van der Waals surface area (Å²) in [7, 11) is 0. The summed E-state index contributed by atoms with van der Waals surface area (Å²) in [6.07, 6.45) is 0. The molecule has 2 aromatic rings. The van der Waals surface area contributed by atoms with Crippen molar-refractivity contribution < 1.29 is 9.53 Å². The number of nitrogens with zero attached hydrogens (tertiary/aromatic N) is 3. The number of hydrogen-bond donors (Lipinski definition) is 2. The first kappa shape index (κ1) is 13.6. The number of aromatic nitrogens is 3. The maximum Gasteiger partial charge on any atom is 0.269 e. The topological polar surface area (TPSA) is 83.1 Å². The number of aromatic amines is 1. The number of ether oxygens (including phenoxy) is 1. The minimum Gasteiger partial charge on any atom is -0.436 e. The van der Waals surface area contributed by atoms with Crippen molar-refractivity contribution >= 4 is 11.5 Å². The molecule has 1 aromatic heterocycles. The number of rotatable bonds is 4. The van der Waals surface area contributed by atoms with E-state index in [9.17, 15) is 4.79 Å². The van der Waals surface area contributed by atoms with Gasteiger partial charge in [0.15, 0.2) is 11.5 Å². The van der Waals surface area contributed by atoms with E-state index in [1.54, 1.807) is 0 Å². The van der Waals surface area contributed by atoms with Crippen LogP contribution < -0.4 is 15.0 Å². The first-order valence-electron chi connectivity index (χ1n) is 6.89. The van der Waals surface area contributed by atoms with Gasteiger partial charge < -0.3 is 15.0 Å². The lowest BCUT2D eigenvalue weighted by Gasteiger charge is -2.29. The maximum atomic E-state index is 11.4. The Kier molecular flexibility index (Phi) is 3.83. The summed E-state index contributed by atoms with van der Waals surface area (Å²) in [6, 6.07) is 7.76. The van der Waals surface area contributed by atoms with Gasteiger partial charge in [-0.25, -0.2) is 0 Å². The Bertz CT molecular complexity index is 617. The summed E-state index contributed by atoms with van der Waals surface area (Å²) >= 11 is 0. The predicted molar refractivity (Wildman–Crippen MR) is 78.0 cm³/mol. The van der Waals surface area contributed by atoms with Crippen LogP contribution in [0.4, 0.5) is 5.69 Å². The van der Waals surface area contributed by atoms with E-state index in [2.05, 4.69) is 25.6 Å². The quantitative estimate of drug-likeness (QED) is 0.822. The highest BCUT2D eigenvalue weighted by Gasteiger charge is 2.14. The molecule has 21 heavy (non-hydrogen) atoms. The van der Waals surface area contributed by atoms with Crippen molar-refractivity contribution in [2.24, 2.45) is 0 Å². The molecule has 0 unspecified atom stereocenters. The average molecular weight is 287 g/mol. The molecule has 1 aliphatic heterocycles. The fourth-order valence-electron chi connectivity index (χ4n) is 2.28. The lowest BCUT2D eigenvalue weighted by Crippen LogP contribution is -2.43. The molecule has 0 amide bonds. The predicted octanol–water partition coefficient (Wildman–Crippen LogP) is 1.21. The largest absolute Gasteiger partial charge is 0.436 e. The Labute approximate surface area is 122 Å². The van der Waals surface area contributed by atoms with E-state index in [4.69, 9.17) is 4.74 Å². The summed E-state index contributed by atoms with van der Waals surface area (Å²) in [5, 5.41) is 13.2. The van der Waals surface area contributed by atoms with Crippen LogP contribution in [0.2, 0.25) is 0 Å². The molecule has 7 nitrogen and oxygen atoms in total. The lowest BCUT2D eigenvalue weighted by molar-refractivity contribution is 0.101. The van der Waals surface area contributed by atoms with Crippen molar-refractivity contribution in [1.82, 2.24) is 20.7 Å². The molecule has 0 atom stereocenters. The first-order chi connectivity index (χ1) is 10.2. The van der Waals surface area contributed by atoms with Crippen LogP contribution >= 0.6 is 0 Å². The molecular formula is C14H17N5O2. The Morgan fingerprint density at radius 3 is 2.62 bits per heavy atom. The second-order valence-corrected chi connectivity index (χ2v) is 4.88. The third kappa shape index (κ3) is 3.03. The van der Waals surface area contributed by atoms with E-state index in [-0.39, 0.29) is 17.4 Å². The lowest BCUT2D eigenvalue weighted by atomic mass is 10.2. The number of hydrogen-bond acceptors (Lipinski definition) is 6. The molecule has 0 radical (unpaired) electrons. The van der Waals surface area contributed by atoms with Crippen molar-refractivity contribution in [3.05, 3.63) is 30.0 Å². The first-order valence-corrected chi connectivity index (χ1v) is 6.89. The zero-order valence-corrected chi connectivity index (χ0v) is 11.8. The van der Waals surface area contributed by atoms with E-state index in [0.717, 1.165) is 31.9 Å². The summed E-state index contributed by atoms with van der Waals surface area (Å²) in [5.74, 6) is 0.676. The summed E-state index contributed by atoms with van der Waals surface area (Å²) in [5.41, 5.74) is 1.44. The number of benzene rings is 1. The van der Waals surface area contributed by atoms with Gasteiger partial charge in [0.25, 0.3) is 5.88 Å². The number of carbonyl (C=O) groups is 1. The van der Waals surface area contributed by atoms with Gasteiger partial charge >= 0.3 is 0 Å². The zero-order valence-electron chi connectivity index (χ0n) is 11.8. The van der Waals surface area contributed by atoms with Crippen molar-refractivity contribution in [1.29, 1.82) is 0 Å². The second kappa shape index (κ2) is 5.92. The molecular weight excluding hydrogens is 270 g/mol. The van der Waals surface area contributed by atoms with Crippen LogP contribution in [-0.2, 0) is 0 Å². The Balaban J connectivity index is 1.72. The van der Waals surface area contributed by atoms with Crippen molar-refractivity contribution in [2.75, 3.05) is 31.1 Å². The van der Waals surface area contributed by atoms with Gasteiger partial charge in [-0.15, -0.1) is 0 Å². The normalized spacial score (nSPS) is 15.0. The molecule has 0 saturated carbocycles. The van der Waals surface area contributed by atoms with Crippen molar-refractivity contribution in [2.45, 2.75) is 6.92 Å². The number of anilines is 1. The number of nitrogens with one attached hydrogen (secondary N) is 2. The van der Waals surface area contributed by atoms with E-state index < -0.39 is 0 Å². The Morgan fingerprint density at radius 2 is 1.95 bits per heavy atom. The monoisotopic (exact) mass is 287 g/mol. The van der Waals surface area contributed by atoms with Gasteiger partial charge in [0.1, 0.15) is 5.75 Å². The summed E-state index contributed by atoms with van der Waals surface area (Å²) in [6.45, 7) is 5.43. The zero-order chi connectivity index (χ0) is 14.7. The van der Waals surface area contributed by atoms with Gasteiger partial charge in [0.05, 0.1) is 0 Å². The van der Waals surface area contributed by atoms with Crippen LogP contribution in [0.3, 0.4) is 0 Å². The van der Waals surface area contributed by atoms with E-state index in [0.29, 0.717) is 5.75 Å². The summed E-state index contributed by atoms with van der Waals surface area (Å²) < 4.78 is 5.60. The van der Waals surface area contributed by atoms with Crippen LogP contribution in [0, 0.1) is 0 Å². The molecule has 1 fully saturated rings. The molecule has 2 N–H and O–H groups in total. The second-order valence-electron chi connectivity index (χ2n) is 4.88. The van der Waals surface area contributed by atoms with Gasteiger partial charge in [0.2, 0.25) is 0 Å². The van der Waals surface area contributed by atoms with Crippen LogP contribution in [0.25, 0.3) is 0 Å². The molecule has 110 valence electrons. The Hall–Kier alpha value is -2.41. The molecule has 0 aliphatic carbocycles. The number of H-pyrrole nitrogens is 1. The highest BCUT2D eigenvalue weighted by Crippen LogP contribution is 2.25. The molecule has 7 heteroatoms. The molecule has 1 aliphatic rings. The number of piperazine rings is 1. The van der Waals surface area contributed by atoms with Gasteiger partial charge in [-0.05, 0) is 24.3 Å². The van der Waals surface area contributed by atoms with E-state index in [1.165, 1.54) is 6.92 Å². The van der Waals surface area contributed by atoms with Crippen LogP contribution in [-0.4, -0.2) is 47.4 Å². The van der Waals surface area contributed by atoms with Crippen LogP contribution in [0.5, 0.6) is 11.6 Å². The van der Waals surface area contributed by atoms with Gasteiger partial charge in [-0.3, -0.25) is 9.89 Å². The average Bonchev–Trinajstić information content (AvgIpc) is 2.97. The van der Waals surface area contributed by atoms with Gasteiger partial charge in [-0.2, -0.15) is 0 Å². The molecule has 2 heterocycles. The number of ketones is 1. The highest BCUT2D eigenvalue weighted by molar-refractivity contribution is 5.94. The third-order valence-electron chi connectivity index (χ3n) is 3.40. The summed E-state index contributed by atoms with van der Waals surface area (Å²) in [4.78, 5) is 13.7. The SMILES string of the molecule is CC(=O)c1[nH]nnc1Oc1ccc(N2CCNCC2)cc1. The Morgan fingerprint density at radius 1 is 1.24 bits per heavy atom. The fourth-order valence-corrected chi connectivity index (χ4v) is 2.28. The third-order valence-corrected chi connectivity index (χ3v) is 3.40. The van der Waals surface area contributed by atoms with Gasteiger partial charge in [0, 0.05) is 38.8 Å². The molecule has 0 spiro atoms. The van der Waals surface area contributed by atoms with Crippen molar-refractivity contribution in [3.63, 3.8) is 0 Å². The smallest absolute Gasteiger partial charge is 0.269 e. The maximum absolute atomic E-state index is 11.4. The van der Waals surface area contributed by atoms with E-state index >= 15 is 0 Å². The molecule has 3 rings (SSSR count). The fraction of sp³-hybridized carbons (Fsp3) is 0.357. The number of Topliss-reactive ketones (excluding diaryl/α,β-unsaturated/α-hetero) is 1. The van der Waals surface area contributed by atoms with Crippen LogP contribution in [0.1, 0.15) is 17.4 Å².